The highest BCUT2D eigenvalue weighted by Crippen LogP contribution is 2.26. The molecule has 1 amide bonds. The summed E-state index contributed by atoms with van der Waals surface area (Å²) in [6.07, 6.45) is 9.91. The third-order valence-corrected chi connectivity index (χ3v) is 4.66. The summed E-state index contributed by atoms with van der Waals surface area (Å²) in [5.41, 5.74) is 2.36. The van der Waals surface area contributed by atoms with Crippen molar-refractivity contribution in [1.82, 2.24) is 24.6 Å². The molecule has 7 nitrogen and oxygen atoms in total. The third-order valence-electron chi connectivity index (χ3n) is 4.66. The fraction of sp³-hybridized carbons (Fsp3) is 0.600. The van der Waals surface area contributed by atoms with Crippen LogP contribution < -0.4 is 0 Å². The van der Waals surface area contributed by atoms with Crippen molar-refractivity contribution in [2.45, 2.75) is 59.1 Å². The predicted octanol–water partition coefficient (Wildman–Crippen LogP) is 3.55. The molecule has 146 valence electrons. The number of hydrogen-bond acceptors (Lipinski definition) is 5. The number of aromatic nitrogens is 4. The lowest BCUT2D eigenvalue weighted by Gasteiger charge is -2.34. The van der Waals surface area contributed by atoms with Gasteiger partial charge >= 0.3 is 6.09 Å². The Labute approximate surface area is 160 Å². The van der Waals surface area contributed by atoms with Gasteiger partial charge in [-0.3, -0.25) is 14.6 Å². The van der Waals surface area contributed by atoms with Crippen molar-refractivity contribution in [2.24, 2.45) is 5.92 Å². The summed E-state index contributed by atoms with van der Waals surface area (Å²) in [5.74, 6) is 0.350. The zero-order valence-electron chi connectivity index (χ0n) is 16.7. The van der Waals surface area contributed by atoms with Gasteiger partial charge in [-0.1, -0.05) is 0 Å². The number of hydrogen-bond donors (Lipinski definition) is 0. The van der Waals surface area contributed by atoms with E-state index in [0.29, 0.717) is 12.5 Å². The predicted molar refractivity (Wildman–Crippen MR) is 103 cm³/mol. The van der Waals surface area contributed by atoms with Crippen LogP contribution in [0, 0.1) is 5.92 Å². The molecule has 2 aromatic heterocycles. The van der Waals surface area contributed by atoms with Crippen LogP contribution in [0.25, 0.3) is 11.3 Å². The maximum Gasteiger partial charge on any atom is 0.410 e. The van der Waals surface area contributed by atoms with Gasteiger partial charge in [0.25, 0.3) is 0 Å². The number of carbonyl (C=O) groups excluding carboxylic acids is 1. The van der Waals surface area contributed by atoms with E-state index in [0.717, 1.165) is 49.3 Å². The summed E-state index contributed by atoms with van der Waals surface area (Å²) < 4.78 is 7.42. The summed E-state index contributed by atoms with van der Waals surface area (Å²) in [5, 5.41) is 4.35. The fourth-order valence-corrected chi connectivity index (χ4v) is 3.41. The summed E-state index contributed by atoms with van der Waals surface area (Å²) in [6, 6.07) is 0. The first-order chi connectivity index (χ1) is 12.9. The normalized spacial score (nSPS) is 17.8. The smallest absolute Gasteiger partial charge is 0.410 e. The molecule has 0 bridgehead atoms. The van der Waals surface area contributed by atoms with Crippen LogP contribution in [-0.2, 0) is 17.7 Å². The molecule has 27 heavy (non-hydrogen) atoms. The Morgan fingerprint density at radius 1 is 1.30 bits per heavy atom. The number of ether oxygens (including phenoxy) is 1. The largest absolute Gasteiger partial charge is 0.444 e. The molecule has 0 radical (unpaired) electrons. The van der Waals surface area contributed by atoms with Crippen molar-refractivity contribution >= 4 is 6.09 Å². The standard InChI is InChI=1S/C20H29N5O2/c1-5-25-14-16(12-23-25)18-17(21-8-9-22-18)11-15-7-6-10-24(13-15)19(26)27-20(2,3)4/h8-9,12,14-15H,5-7,10-11,13H2,1-4H3/t15-/m1/s1. The topological polar surface area (TPSA) is 73.1 Å². The highest BCUT2D eigenvalue weighted by Gasteiger charge is 2.28. The van der Waals surface area contributed by atoms with Crippen LogP contribution in [0.5, 0.6) is 0 Å². The molecule has 2 aromatic rings. The van der Waals surface area contributed by atoms with Gasteiger partial charge in [0, 0.05) is 43.8 Å². The highest BCUT2D eigenvalue weighted by molar-refractivity contribution is 5.68. The highest BCUT2D eigenvalue weighted by atomic mass is 16.6. The number of aryl methyl sites for hydroxylation is 1. The molecule has 0 aromatic carbocycles. The van der Waals surface area contributed by atoms with E-state index in [1.54, 1.807) is 12.4 Å². The average molecular weight is 371 g/mol. The minimum atomic E-state index is -0.471. The summed E-state index contributed by atoms with van der Waals surface area (Å²) in [4.78, 5) is 23.3. The van der Waals surface area contributed by atoms with Crippen LogP contribution in [0.3, 0.4) is 0 Å². The number of carbonyl (C=O) groups is 1. The van der Waals surface area contributed by atoms with Crippen LogP contribution in [-0.4, -0.2) is 49.4 Å². The lowest BCUT2D eigenvalue weighted by molar-refractivity contribution is 0.0165. The van der Waals surface area contributed by atoms with E-state index in [1.165, 1.54) is 0 Å². The van der Waals surface area contributed by atoms with Crippen molar-refractivity contribution in [2.75, 3.05) is 13.1 Å². The van der Waals surface area contributed by atoms with Gasteiger partial charge in [-0.2, -0.15) is 5.10 Å². The molecule has 7 heteroatoms. The molecule has 0 saturated carbocycles. The molecule has 0 aliphatic carbocycles. The zero-order chi connectivity index (χ0) is 19.4. The molecule has 1 fully saturated rings. The van der Waals surface area contributed by atoms with Crippen LogP contribution in [0.15, 0.2) is 24.8 Å². The molecule has 3 heterocycles. The van der Waals surface area contributed by atoms with E-state index >= 15 is 0 Å². The quantitative estimate of drug-likeness (QED) is 0.822. The van der Waals surface area contributed by atoms with Crippen molar-refractivity contribution in [3.8, 4) is 11.3 Å². The van der Waals surface area contributed by atoms with Gasteiger partial charge in [-0.25, -0.2) is 4.79 Å². The third kappa shape index (κ3) is 5.05. The van der Waals surface area contributed by atoms with Crippen molar-refractivity contribution in [3.05, 3.63) is 30.5 Å². The Hall–Kier alpha value is -2.44. The van der Waals surface area contributed by atoms with Crippen LogP contribution in [0.1, 0.15) is 46.2 Å². The molecule has 1 aliphatic rings. The van der Waals surface area contributed by atoms with E-state index in [1.807, 2.05) is 42.7 Å². The Kier molecular flexibility index (Phi) is 5.77. The van der Waals surface area contributed by atoms with E-state index in [2.05, 4.69) is 22.0 Å². The van der Waals surface area contributed by atoms with Gasteiger partial charge in [-0.15, -0.1) is 0 Å². The van der Waals surface area contributed by atoms with Gasteiger partial charge in [-0.05, 0) is 52.9 Å². The summed E-state index contributed by atoms with van der Waals surface area (Å²) in [6.45, 7) is 10.0. The van der Waals surface area contributed by atoms with E-state index in [9.17, 15) is 4.79 Å². The Morgan fingerprint density at radius 3 is 2.78 bits per heavy atom. The van der Waals surface area contributed by atoms with Gasteiger partial charge in [0.15, 0.2) is 0 Å². The monoisotopic (exact) mass is 371 g/mol. The molecule has 1 saturated heterocycles. The van der Waals surface area contributed by atoms with Gasteiger partial charge in [0.2, 0.25) is 0 Å². The second-order valence-electron chi connectivity index (χ2n) is 8.08. The van der Waals surface area contributed by atoms with E-state index in [4.69, 9.17) is 4.74 Å². The Morgan fingerprint density at radius 2 is 2.07 bits per heavy atom. The maximum atomic E-state index is 12.4. The minimum absolute atomic E-state index is 0.226. The number of nitrogens with zero attached hydrogens (tertiary/aromatic N) is 5. The second-order valence-corrected chi connectivity index (χ2v) is 8.08. The number of rotatable bonds is 4. The number of amides is 1. The number of piperidine rings is 1. The maximum absolute atomic E-state index is 12.4. The van der Waals surface area contributed by atoms with Crippen molar-refractivity contribution in [1.29, 1.82) is 0 Å². The van der Waals surface area contributed by atoms with Gasteiger partial charge in [0.1, 0.15) is 5.60 Å². The van der Waals surface area contributed by atoms with Gasteiger partial charge < -0.3 is 9.64 Å². The van der Waals surface area contributed by atoms with Crippen molar-refractivity contribution in [3.63, 3.8) is 0 Å². The zero-order valence-corrected chi connectivity index (χ0v) is 16.7. The lowest BCUT2D eigenvalue weighted by Crippen LogP contribution is -2.43. The molecule has 0 spiro atoms. The average Bonchev–Trinajstić information content (AvgIpc) is 3.10. The molecular weight excluding hydrogens is 342 g/mol. The van der Waals surface area contributed by atoms with E-state index < -0.39 is 5.60 Å². The molecule has 0 unspecified atom stereocenters. The first-order valence-electron chi connectivity index (χ1n) is 9.66. The molecular formula is C20H29N5O2. The first-order valence-corrected chi connectivity index (χ1v) is 9.66. The minimum Gasteiger partial charge on any atom is -0.444 e. The molecule has 3 rings (SSSR count). The second kappa shape index (κ2) is 8.06. The molecule has 1 atom stereocenters. The number of likely N-dealkylation sites (tertiary alicyclic amines) is 1. The Bertz CT molecular complexity index is 781. The van der Waals surface area contributed by atoms with Gasteiger partial charge in [0.05, 0.1) is 17.6 Å². The van der Waals surface area contributed by atoms with Crippen molar-refractivity contribution < 1.29 is 9.53 Å². The van der Waals surface area contributed by atoms with E-state index in [-0.39, 0.29) is 6.09 Å². The van der Waals surface area contributed by atoms with Crippen LogP contribution in [0.4, 0.5) is 4.79 Å². The van der Waals surface area contributed by atoms with Crippen LogP contribution >= 0.6 is 0 Å². The SMILES string of the molecule is CCn1cc(-c2nccnc2C[C@H]2CCCN(C(=O)OC(C)(C)C)C2)cn1. The Balaban J connectivity index is 1.71. The van der Waals surface area contributed by atoms with Crippen LogP contribution in [0.2, 0.25) is 0 Å². The summed E-state index contributed by atoms with van der Waals surface area (Å²) in [7, 11) is 0. The lowest BCUT2D eigenvalue weighted by atomic mass is 9.92. The molecule has 0 N–H and O–H groups in total. The first kappa shape index (κ1) is 19.3. The summed E-state index contributed by atoms with van der Waals surface area (Å²) >= 11 is 0. The fourth-order valence-electron chi connectivity index (χ4n) is 3.41. The molecule has 1 aliphatic heterocycles.